The number of hydrogen-bond acceptors (Lipinski definition) is 5. The Morgan fingerprint density at radius 2 is 2.04 bits per heavy atom. The number of piperidine rings is 1. The lowest BCUT2D eigenvalue weighted by molar-refractivity contribution is 0.0210. The van der Waals surface area contributed by atoms with Crippen LogP contribution in [-0.4, -0.2) is 45.3 Å². The Bertz CT molecular complexity index is 814. The summed E-state index contributed by atoms with van der Waals surface area (Å²) in [5.74, 6) is 0. The third kappa shape index (κ3) is 4.53. The van der Waals surface area contributed by atoms with Gasteiger partial charge in [-0.1, -0.05) is 0 Å². The lowest BCUT2D eigenvalue weighted by atomic mass is 10.0. The molecule has 1 saturated heterocycles. The van der Waals surface area contributed by atoms with Gasteiger partial charge in [-0.25, -0.2) is 9.78 Å². The molecule has 0 saturated carbocycles. The standard InChI is InChI=1S/C20H31N5O2/c1-13(21)18-16(12-17-15(23-18)8-9-24(17)5)22-14-6-10-25(11-7-14)19(26)27-20(2,3)4/h8-9,12-14,22H,6-7,10-11,21H2,1-5H3. The minimum Gasteiger partial charge on any atom is -0.444 e. The normalized spacial score (nSPS) is 17.2. The maximum absolute atomic E-state index is 12.2. The van der Waals surface area contributed by atoms with Crippen molar-refractivity contribution in [2.75, 3.05) is 18.4 Å². The van der Waals surface area contributed by atoms with Crippen molar-refractivity contribution in [3.05, 3.63) is 24.0 Å². The number of anilines is 1. The molecule has 0 aromatic carbocycles. The van der Waals surface area contributed by atoms with Crippen molar-refractivity contribution in [3.8, 4) is 0 Å². The SMILES string of the molecule is CC(N)c1nc2ccn(C)c2cc1NC1CCN(C(=O)OC(C)(C)C)CC1. The minimum atomic E-state index is -0.464. The second kappa shape index (κ2) is 7.38. The van der Waals surface area contributed by atoms with Crippen molar-refractivity contribution >= 4 is 22.8 Å². The molecule has 0 aliphatic carbocycles. The van der Waals surface area contributed by atoms with E-state index in [1.165, 1.54) is 0 Å². The molecular weight excluding hydrogens is 342 g/mol. The second-order valence-electron chi connectivity index (χ2n) is 8.43. The largest absolute Gasteiger partial charge is 0.444 e. The summed E-state index contributed by atoms with van der Waals surface area (Å²) in [5, 5.41) is 3.61. The first-order valence-corrected chi connectivity index (χ1v) is 9.60. The maximum Gasteiger partial charge on any atom is 0.410 e. The first-order chi connectivity index (χ1) is 12.6. The topological polar surface area (TPSA) is 85.4 Å². The summed E-state index contributed by atoms with van der Waals surface area (Å²) in [6.45, 7) is 8.98. The van der Waals surface area contributed by atoms with Gasteiger partial charge in [0.15, 0.2) is 0 Å². The molecule has 3 heterocycles. The molecule has 2 aromatic heterocycles. The maximum atomic E-state index is 12.2. The van der Waals surface area contributed by atoms with Gasteiger partial charge in [0.25, 0.3) is 0 Å². The molecule has 148 valence electrons. The lowest BCUT2D eigenvalue weighted by Gasteiger charge is -2.34. The monoisotopic (exact) mass is 373 g/mol. The number of hydrogen-bond donors (Lipinski definition) is 2. The highest BCUT2D eigenvalue weighted by atomic mass is 16.6. The third-order valence-corrected chi connectivity index (χ3v) is 4.83. The summed E-state index contributed by atoms with van der Waals surface area (Å²) < 4.78 is 7.53. The Balaban J connectivity index is 1.69. The van der Waals surface area contributed by atoms with Crippen molar-refractivity contribution in [2.45, 2.75) is 58.2 Å². The Labute approximate surface area is 160 Å². The molecule has 3 N–H and O–H groups in total. The number of amides is 1. The summed E-state index contributed by atoms with van der Waals surface area (Å²) in [5.41, 5.74) is 9.59. The number of carbonyl (C=O) groups is 1. The van der Waals surface area contributed by atoms with E-state index in [1.807, 2.05) is 47.0 Å². The average Bonchev–Trinajstić information content (AvgIpc) is 2.93. The molecule has 3 rings (SSSR count). The van der Waals surface area contributed by atoms with Gasteiger partial charge in [0, 0.05) is 38.4 Å². The zero-order valence-electron chi connectivity index (χ0n) is 17.0. The molecule has 1 atom stereocenters. The fourth-order valence-corrected chi connectivity index (χ4v) is 3.42. The number of aromatic nitrogens is 2. The Morgan fingerprint density at radius 1 is 1.37 bits per heavy atom. The number of nitrogens with zero attached hydrogens (tertiary/aromatic N) is 3. The molecule has 2 aromatic rings. The number of nitrogens with one attached hydrogen (secondary N) is 1. The highest BCUT2D eigenvalue weighted by Crippen LogP contribution is 2.27. The van der Waals surface area contributed by atoms with Crippen molar-refractivity contribution < 1.29 is 9.53 Å². The molecule has 1 aliphatic rings. The quantitative estimate of drug-likeness (QED) is 0.861. The summed E-state index contributed by atoms with van der Waals surface area (Å²) in [6, 6.07) is 4.26. The molecule has 0 spiro atoms. The van der Waals surface area contributed by atoms with E-state index in [-0.39, 0.29) is 18.2 Å². The smallest absolute Gasteiger partial charge is 0.410 e. The summed E-state index contributed by atoms with van der Waals surface area (Å²) in [4.78, 5) is 18.8. The van der Waals surface area contributed by atoms with Crippen molar-refractivity contribution in [1.29, 1.82) is 0 Å². The summed E-state index contributed by atoms with van der Waals surface area (Å²) >= 11 is 0. The van der Waals surface area contributed by atoms with Crippen LogP contribution in [0.4, 0.5) is 10.5 Å². The van der Waals surface area contributed by atoms with Crippen molar-refractivity contribution in [2.24, 2.45) is 12.8 Å². The number of nitrogens with two attached hydrogens (primary N) is 1. The molecule has 7 nitrogen and oxygen atoms in total. The van der Waals surface area contributed by atoms with E-state index in [0.29, 0.717) is 13.1 Å². The van der Waals surface area contributed by atoms with Gasteiger partial charge < -0.3 is 25.3 Å². The predicted molar refractivity (Wildman–Crippen MR) is 108 cm³/mol. The van der Waals surface area contributed by atoms with Crippen LogP contribution < -0.4 is 11.1 Å². The zero-order chi connectivity index (χ0) is 19.8. The number of fused-ring (bicyclic) bond motifs is 1. The molecule has 0 bridgehead atoms. The van der Waals surface area contributed by atoms with Crippen LogP contribution in [0.1, 0.15) is 52.3 Å². The number of likely N-dealkylation sites (tertiary alicyclic amines) is 1. The second-order valence-corrected chi connectivity index (χ2v) is 8.43. The highest BCUT2D eigenvalue weighted by molar-refractivity contribution is 5.80. The summed E-state index contributed by atoms with van der Waals surface area (Å²) in [7, 11) is 2.01. The molecule has 27 heavy (non-hydrogen) atoms. The first kappa shape index (κ1) is 19.5. The molecule has 1 fully saturated rings. The molecule has 0 radical (unpaired) electrons. The molecular formula is C20H31N5O2. The molecule has 1 amide bonds. The minimum absolute atomic E-state index is 0.154. The van der Waals surface area contributed by atoms with Gasteiger partial charge in [-0.2, -0.15) is 0 Å². The Kier molecular flexibility index (Phi) is 5.33. The predicted octanol–water partition coefficient (Wildman–Crippen LogP) is 3.40. The molecule has 1 unspecified atom stereocenters. The van der Waals surface area contributed by atoms with Gasteiger partial charge >= 0.3 is 6.09 Å². The Hall–Kier alpha value is -2.28. The number of rotatable bonds is 3. The number of pyridine rings is 1. The van der Waals surface area contributed by atoms with Crippen LogP contribution in [0.3, 0.4) is 0 Å². The van der Waals surface area contributed by atoms with Crippen molar-refractivity contribution in [3.63, 3.8) is 0 Å². The fourth-order valence-electron chi connectivity index (χ4n) is 3.42. The number of aryl methyl sites for hydroxylation is 1. The fraction of sp³-hybridized carbons (Fsp3) is 0.600. The van der Waals surface area contributed by atoms with Crippen LogP contribution in [0.25, 0.3) is 11.0 Å². The number of carbonyl (C=O) groups excluding carboxylic acids is 1. The van der Waals surface area contributed by atoms with E-state index in [2.05, 4.69) is 16.0 Å². The Morgan fingerprint density at radius 3 is 2.63 bits per heavy atom. The van der Waals surface area contributed by atoms with Crippen LogP contribution in [0, 0.1) is 0 Å². The van der Waals surface area contributed by atoms with E-state index >= 15 is 0 Å². The van der Waals surface area contributed by atoms with Crippen molar-refractivity contribution in [1.82, 2.24) is 14.5 Å². The van der Waals surface area contributed by atoms with Gasteiger partial charge in [-0.3, -0.25) is 0 Å². The van der Waals surface area contributed by atoms with Gasteiger partial charge in [-0.15, -0.1) is 0 Å². The third-order valence-electron chi connectivity index (χ3n) is 4.83. The van der Waals surface area contributed by atoms with E-state index < -0.39 is 5.60 Å². The van der Waals surface area contributed by atoms with Gasteiger partial charge in [0.1, 0.15) is 5.60 Å². The lowest BCUT2D eigenvalue weighted by Crippen LogP contribution is -2.44. The van der Waals surface area contributed by atoms with E-state index in [4.69, 9.17) is 15.5 Å². The molecule has 1 aliphatic heterocycles. The van der Waals surface area contributed by atoms with Crippen LogP contribution >= 0.6 is 0 Å². The van der Waals surface area contributed by atoms with Gasteiger partial charge in [0.2, 0.25) is 0 Å². The van der Waals surface area contributed by atoms with Gasteiger partial charge in [0.05, 0.1) is 22.4 Å². The first-order valence-electron chi connectivity index (χ1n) is 9.60. The zero-order valence-corrected chi connectivity index (χ0v) is 17.0. The van der Waals surface area contributed by atoms with Crippen LogP contribution in [-0.2, 0) is 11.8 Å². The van der Waals surface area contributed by atoms with Crippen LogP contribution in [0.15, 0.2) is 18.3 Å². The average molecular weight is 374 g/mol. The van der Waals surface area contributed by atoms with E-state index in [9.17, 15) is 4.79 Å². The summed E-state index contributed by atoms with van der Waals surface area (Å²) in [6.07, 6.45) is 3.50. The van der Waals surface area contributed by atoms with E-state index in [1.54, 1.807) is 4.90 Å². The van der Waals surface area contributed by atoms with Crippen LogP contribution in [0.2, 0.25) is 0 Å². The highest BCUT2D eigenvalue weighted by Gasteiger charge is 2.27. The van der Waals surface area contributed by atoms with Gasteiger partial charge in [-0.05, 0) is 52.7 Å². The van der Waals surface area contributed by atoms with E-state index in [0.717, 1.165) is 35.3 Å². The number of ether oxygens (including phenoxy) is 1. The van der Waals surface area contributed by atoms with Crippen LogP contribution in [0.5, 0.6) is 0 Å². The molecule has 7 heteroatoms.